The monoisotopic (exact) mass is 444 g/mol. The quantitative estimate of drug-likeness (QED) is 0.689. The van der Waals surface area contributed by atoms with Gasteiger partial charge in [-0.25, -0.2) is 13.2 Å². The van der Waals surface area contributed by atoms with E-state index in [9.17, 15) is 18.0 Å². The van der Waals surface area contributed by atoms with Gasteiger partial charge in [-0.3, -0.25) is 4.79 Å². The second-order valence-corrected chi connectivity index (χ2v) is 10.2. The van der Waals surface area contributed by atoms with Crippen LogP contribution in [0, 0.1) is 18.8 Å². The van der Waals surface area contributed by atoms with Crippen LogP contribution in [-0.2, 0) is 19.6 Å². The summed E-state index contributed by atoms with van der Waals surface area (Å²) in [5.41, 5.74) is 1.74. The van der Waals surface area contributed by atoms with Gasteiger partial charge >= 0.3 is 5.97 Å². The van der Waals surface area contributed by atoms with Crippen molar-refractivity contribution in [2.45, 2.75) is 32.1 Å². The summed E-state index contributed by atoms with van der Waals surface area (Å²) < 4.78 is 32.4. The fraction of sp³-hybridized carbons (Fsp3) is 0.391. The van der Waals surface area contributed by atoms with Crippen LogP contribution in [0.5, 0.6) is 0 Å². The zero-order chi connectivity index (χ0) is 22.6. The minimum Gasteiger partial charge on any atom is -0.452 e. The number of para-hydroxylation sites is 1. The lowest BCUT2D eigenvalue weighted by Crippen LogP contribution is -2.42. The molecule has 0 bridgehead atoms. The molecule has 1 fully saturated rings. The molecule has 3 rings (SSSR count). The summed E-state index contributed by atoms with van der Waals surface area (Å²) in [6.07, 6.45) is 1.01. The summed E-state index contributed by atoms with van der Waals surface area (Å²) in [5, 5.41) is 2.69. The second kappa shape index (κ2) is 9.62. The highest BCUT2D eigenvalue weighted by molar-refractivity contribution is 7.89. The van der Waals surface area contributed by atoms with Crippen molar-refractivity contribution in [2.75, 3.05) is 25.0 Å². The predicted octanol–water partition coefficient (Wildman–Crippen LogP) is 3.46. The number of benzene rings is 2. The van der Waals surface area contributed by atoms with Crippen molar-refractivity contribution in [3.05, 3.63) is 59.7 Å². The predicted molar refractivity (Wildman–Crippen MR) is 118 cm³/mol. The van der Waals surface area contributed by atoms with Crippen molar-refractivity contribution in [1.82, 2.24) is 4.31 Å². The third-order valence-electron chi connectivity index (χ3n) is 5.32. The minimum absolute atomic E-state index is 0.141. The normalized spacial score (nSPS) is 19.6. The molecule has 31 heavy (non-hydrogen) atoms. The number of piperidine rings is 1. The van der Waals surface area contributed by atoms with Gasteiger partial charge in [0.15, 0.2) is 6.61 Å². The van der Waals surface area contributed by atoms with E-state index in [-0.39, 0.29) is 10.5 Å². The molecule has 2 aromatic carbocycles. The minimum atomic E-state index is -3.62. The maximum Gasteiger partial charge on any atom is 0.338 e. The lowest BCUT2D eigenvalue weighted by atomic mass is 9.94. The van der Waals surface area contributed by atoms with Crippen LogP contribution in [0.25, 0.3) is 0 Å². The standard InChI is InChI=1S/C23H28N2O5S/c1-16-12-17(2)14-25(13-16)31(28,29)20-10-8-19(9-11-20)23(27)30-15-22(26)24-21-7-5-4-6-18(21)3/h4-11,16-17H,12-15H2,1-3H3,(H,24,26)/t16-,17-/m0/s1. The number of hydrogen-bond acceptors (Lipinski definition) is 5. The number of sulfonamides is 1. The van der Waals surface area contributed by atoms with Gasteiger partial charge in [-0.15, -0.1) is 0 Å². The first-order valence-electron chi connectivity index (χ1n) is 10.3. The van der Waals surface area contributed by atoms with E-state index in [1.807, 2.05) is 32.9 Å². The molecule has 8 heteroatoms. The van der Waals surface area contributed by atoms with Crippen molar-refractivity contribution in [2.24, 2.45) is 11.8 Å². The van der Waals surface area contributed by atoms with Crippen LogP contribution >= 0.6 is 0 Å². The first-order chi connectivity index (χ1) is 14.7. The Balaban J connectivity index is 1.59. The smallest absolute Gasteiger partial charge is 0.338 e. The van der Waals surface area contributed by atoms with E-state index in [0.29, 0.717) is 30.6 Å². The maximum absolute atomic E-state index is 12.9. The summed E-state index contributed by atoms with van der Waals surface area (Å²) in [6, 6.07) is 12.9. The topological polar surface area (TPSA) is 92.8 Å². The Morgan fingerprint density at radius 2 is 1.65 bits per heavy atom. The van der Waals surface area contributed by atoms with Crippen molar-refractivity contribution >= 4 is 27.6 Å². The molecule has 1 saturated heterocycles. The third kappa shape index (κ3) is 5.71. The molecule has 0 saturated carbocycles. The lowest BCUT2D eigenvalue weighted by Gasteiger charge is -2.34. The van der Waals surface area contributed by atoms with Gasteiger partial charge in [0.1, 0.15) is 0 Å². The summed E-state index contributed by atoms with van der Waals surface area (Å²) in [6.45, 7) is 6.51. The average molecular weight is 445 g/mol. The van der Waals surface area contributed by atoms with E-state index in [1.165, 1.54) is 28.6 Å². The van der Waals surface area contributed by atoms with E-state index < -0.39 is 28.5 Å². The highest BCUT2D eigenvalue weighted by atomic mass is 32.2. The van der Waals surface area contributed by atoms with Crippen LogP contribution in [0.15, 0.2) is 53.4 Å². The van der Waals surface area contributed by atoms with Gasteiger partial charge in [0.2, 0.25) is 10.0 Å². The van der Waals surface area contributed by atoms with Crippen molar-refractivity contribution in [3.8, 4) is 0 Å². The molecule has 166 valence electrons. The van der Waals surface area contributed by atoms with Crippen molar-refractivity contribution in [1.29, 1.82) is 0 Å². The molecule has 0 spiro atoms. The number of amides is 1. The summed E-state index contributed by atoms with van der Waals surface area (Å²) in [7, 11) is -3.62. The highest BCUT2D eigenvalue weighted by Crippen LogP contribution is 2.26. The zero-order valence-corrected chi connectivity index (χ0v) is 18.8. The third-order valence-corrected chi connectivity index (χ3v) is 7.16. The average Bonchev–Trinajstić information content (AvgIpc) is 2.73. The Morgan fingerprint density at radius 1 is 1.03 bits per heavy atom. The van der Waals surface area contributed by atoms with Crippen LogP contribution in [0.4, 0.5) is 5.69 Å². The largest absolute Gasteiger partial charge is 0.452 e. The number of carbonyl (C=O) groups excluding carboxylic acids is 2. The lowest BCUT2D eigenvalue weighted by molar-refractivity contribution is -0.119. The second-order valence-electron chi connectivity index (χ2n) is 8.23. The molecule has 2 atom stereocenters. The van der Waals surface area contributed by atoms with Crippen LogP contribution in [-0.4, -0.2) is 44.3 Å². The molecule has 1 heterocycles. The van der Waals surface area contributed by atoms with Gasteiger partial charge < -0.3 is 10.1 Å². The molecule has 1 amide bonds. The van der Waals surface area contributed by atoms with Gasteiger partial charge in [-0.2, -0.15) is 4.31 Å². The number of esters is 1. The fourth-order valence-electron chi connectivity index (χ4n) is 3.83. The Kier molecular flexibility index (Phi) is 7.12. The Morgan fingerprint density at radius 3 is 2.26 bits per heavy atom. The first kappa shape index (κ1) is 23.0. The summed E-state index contributed by atoms with van der Waals surface area (Å²) in [4.78, 5) is 24.4. The van der Waals surface area contributed by atoms with E-state index in [2.05, 4.69) is 5.32 Å². The van der Waals surface area contributed by atoms with Gasteiger partial charge in [-0.05, 0) is 61.1 Å². The van der Waals surface area contributed by atoms with Crippen molar-refractivity contribution < 1.29 is 22.7 Å². The molecular weight excluding hydrogens is 416 g/mol. The first-order valence-corrected chi connectivity index (χ1v) is 11.7. The molecule has 0 aromatic heterocycles. The van der Waals surface area contributed by atoms with Crippen LogP contribution in [0.1, 0.15) is 36.2 Å². The maximum atomic E-state index is 12.9. The van der Waals surface area contributed by atoms with Crippen LogP contribution in [0.2, 0.25) is 0 Å². The molecule has 2 aromatic rings. The summed E-state index contributed by atoms with van der Waals surface area (Å²) in [5.74, 6) is -0.531. The van der Waals surface area contributed by atoms with Crippen molar-refractivity contribution in [3.63, 3.8) is 0 Å². The number of rotatable bonds is 6. The molecule has 0 aliphatic carbocycles. The number of ether oxygens (including phenoxy) is 1. The van der Waals surface area contributed by atoms with Gasteiger partial charge in [-0.1, -0.05) is 32.0 Å². The number of carbonyl (C=O) groups is 2. The Labute approximate surface area is 183 Å². The van der Waals surface area contributed by atoms with Gasteiger partial charge in [0.25, 0.3) is 5.91 Å². The van der Waals surface area contributed by atoms with E-state index in [4.69, 9.17) is 4.74 Å². The number of anilines is 1. The molecule has 1 N–H and O–H groups in total. The van der Waals surface area contributed by atoms with E-state index in [1.54, 1.807) is 12.1 Å². The van der Waals surface area contributed by atoms with E-state index >= 15 is 0 Å². The van der Waals surface area contributed by atoms with Gasteiger partial charge in [0.05, 0.1) is 10.5 Å². The highest BCUT2D eigenvalue weighted by Gasteiger charge is 2.31. The summed E-state index contributed by atoms with van der Waals surface area (Å²) >= 11 is 0. The Hall–Kier alpha value is -2.71. The number of aryl methyl sites for hydroxylation is 1. The zero-order valence-electron chi connectivity index (χ0n) is 18.0. The molecule has 1 aliphatic heterocycles. The number of nitrogens with one attached hydrogen (secondary N) is 1. The van der Waals surface area contributed by atoms with Gasteiger partial charge in [0, 0.05) is 18.8 Å². The van der Waals surface area contributed by atoms with E-state index in [0.717, 1.165) is 12.0 Å². The van der Waals surface area contributed by atoms with Crippen LogP contribution < -0.4 is 5.32 Å². The molecule has 0 radical (unpaired) electrons. The Bertz CT molecular complexity index is 1040. The SMILES string of the molecule is Cc1ccccc1NC(=O)COC(=O)c1ccc(S(=O)(=O)N2C[C@@H](C)C[C@H](C)C2)cc1. The molecule has 0 unspecified atom stereocenters. The molecule has 1 aliphatic rings. The van der Waals surface area contributed by atoms with Crippen LogP contribution in [0.3, 0.4) is 0 Å². The number of hydrogen-bond donors (Lipinski definition) is 1. The fourth-order valence-corrected chi connectivity index (χ4v) is 5.51. The number of nitrogens with zero attached hydrogens (tertiary/aromatic N) is 1. The molecular formula is C23H28N2O5S. The molecule has 7 nitrogen and oxygen atoms in total.